The molecule has 0 aliphatic carbocycles. The van der Waals surface area contributed by atoms with Gasteiger partial charge in [0.15, 0.2) is 0 Å². The lowest BCUT2D eigenvalue weighted by molar-refractivity contribution is 0.206. The summed E-state index contributed by atoms with van der Waals surface area (Å²) in [5.74, 6) is 0. The van der Waals surface area contributed by atoms with Crippen LogP contribution in [0.3, 0.4) is 0 Å². The number of nitrogens with zero attached hydrogens (tertiary/aromatic N) is 1. The molecule has 2 heteroatoms. The number of unbranched alkanes of at least 4 members (excludes halogenated alkanes) is 3. The van der Waals surface area contributed by atoms with E-state index in [1.165, 1.54) is 63.6 Å². The second kappa shape index (κ2) is 10.4. The summed E-state index contributed by atoms with van der Waals surface area (Å²) >= 11 is 0. The molecule has 1 fully saturated rings. The average molecular weight is 281 g/mol. The van der Waals surface area contributed by atoms with Crippen molar-refractivity contribution in [2.75, 3.05) is 19.6 Å². The summed E-state index contributed by atoms with van der Waals surface area (Å²) in [6.07, 6.45) is 11.9. The summed E-state index contributed by atoms with van der Waals surface area (Å²) in [5.41, 5.74) is 1.44. The minimum absolute atomic E-state index is 0.696. The minimum Gasteiger partial charge on any atom is -0.311 e. The molecule has 1 N–H and O–H groups in total. The van der Waals surface area contributed by atoms with E-state index in [4.69, 9.17) is 0 Å². The largest absolute Gasteiger partial charge is 0.311 e. The number of likely N-dealkylation sites (tertiary alicyclic amines) is 1. The first-order valence-corrected chi connectivity index (χ1v) is 8.73. The van der Waals surface area contributed by atoms with Crippen LogP contribution >= 0.6 is 0 Å². The Morgan fingerprint density at radius 2 is 1.90 bits per heavy atom. The SMILES string of the molecule is CCCCCCC(C)NC1CCN(CC=C(C)C)CC1. The Morgan fingerprint density at radius 3 is 2.50 bits per heavy atom. The number of rotatable bonds is 9. The van der Waals surface area contributed by atoms with E-state index in [0.29, 0.717) is 6.04 Å². The Balaban J connectivity index is 2.10. The van der Waals surface area contributed by atoms with Crippen LogP contribution in [0.2, 0.25) is 0 Å². The topological polar surface area (TPSA) is 15.3 Å². The van der Waals surface area contributed by atoms with Crippen molar-refractivity contribution in [2.45, 2.75) is 84.7 Å². The maximum absolute atomic E-state index is 3.84. The van der Waals surface area contributed by atoms with Gasteiger partial charge in [0.2, 0.25) is 0 Å². The van der Waals surface area contributed by atoms with Gasteiger partial charge in [-0.15, -0.1) is 0 Å². The second-order valence-electron chi connectivity index (χ2n) is 6.77. The van der Waals surface area contributed by atoms with Crippen molar-refractivity contribution in [3.05, 3.63) is 11.6 Å². The summed E-state index contributed by atoms with van der Waals surface area (Å²) in [6.45, 7) is 12.7. The third kappa shape index (κ3) is 8.06. The van der Waals surface area contributed by atoms with Gasteiger partial charge < -0.3 is 5.32 Å². The Labute approximate surface area is 127 Å². The fourth-order valence-electron chi connectivity index (χ4n) is 2.96. The van der Waals surface area contributed by atoms with Gasteiger partial charge in [0.25, 0.3) is 0 Å². The molecule has 2 nitrogen and oxygen atoms in total. The van der Waals surface area contributed by atoms with Crippen molar-refractivity contribution < 1.29 is 0 Å². The summed E-state index contributed by atoms with van der Waals surface area (Å²) in [5, 5.41) is 3.84. The van der Waals surface area contributed by atoms with Crippen molar-refractivity contribution in [1.82, 2.24) is 10.2 Å². The van der Waals surface area contributed by atoms with E-state index in [9.17, 15) is 0 Å². The number of hydrogen-bond donors (Lipinski definition) is 1. The van der Waals surface area contributed by atoms with Crippen LogP contribution in [0.1, 0.15) is 72.6 Å². The molecule has 1 aliphatic rings. The van der Waals surface area contributed by atoms with Gasteiger partial charge in [0.05, 0.1) is 0 Å². The number of nitrogens with one attached hydrogen (secondary N) is 1. The van der Waals surface area contributed by atoms with Crippen LogP contribution in [0.15, 0.2) is 11.6 Å². The van der Waals surface area contributed by atoms with Gasteiger partial charge in [-0.05, 0) is 53.1 Å². The van der Waals surface area contributed by atoms with Crippen LogP contribution in [-0.2, 0) is 0 Å². The third-order valence-corrected chi connectivity index (χ3v) is 4.36. The zero-order chi connectivity index (χ0) is 14.8. The van der Waals surface area contributed by atoms with Gasteiger partial charge >= 0.3 is 0 Å². The second-order valence-corrected chi connectivity index (χ2v) is 6.77. The fraction of sp³-hybridized carbons (Fsp3) is 0.889. The molecule has 1 aliphatic heterocycles. The van der Waals surface area contributed by atoms with Gasteiger partial charge in [-0.3, -0.25) is 4.90 Å². The molecular formula is C18H36N2. The standard InChI is InChI=1S/C18H36N2/c1-5-6-7-8-9-17(4)19-18-11-14-20(15-12-18)13-10-16(2)3/h10,17-19H,5-9,11-15H2,1-4H3. The molecular weight excluding hydrogens is 244 g/mol. The molecule has 0 aromatic carbocycles. The summed E-state index contributed by atoms with van der Waals surface area (Å²) < 4.78 is 0. The van der Waals surface area contributed by atoms with Crippen LogP contribution in [-0.4, -0.2) is 36.6 Å². The maximum atomic E-state index is 3.84. The fourth-order valence-corrected chi connectivity index (χ4v) is 2.96. The highest BCUT2D eigenvalue weighted by molar-refractivity contribution is 4.95. The van der Waals surface area contributed by atoms with E-state index in [1.54, 1.807) is 0 Å². The Morgan fingerprint density at radius 1 is 1.20 bits per heavy atom. The van der Waals surface area contributed by atoms with Crippen molar-refractivity contribution >= 4 is 0 Å². The molecule has 1 saturated heterocycles. The third-order valence-electron chi connectivity index (χ3n) is 4.36. The highest BCUT2D eigenvalue weighted by Gasteiger charge is 2.19. The molecule has 0 bridgehead atoms. The smallest absolute Gasteiger partial charge is 0.0165 e. The van der Waals surface area contributed by atoms with E-state index in [-0.39, 0.29) is 0 Å². The molecule has 1 heterocycles. The molecule has 0 radical (unpaired) electrons. The number of hydrogen-bond acceptors (Lipinski definition) is 2. The Kier molecular flexibility index (Phi) is 9.21. The molecule has 0 spiro atoms. The molecule has 1 atom stereocenters. The van der Waals surface area contributed by atoms with Crippen molar-refractivity contribution in [2.24, 2.45) is 0 Å². The lowest BCUT2D eigenvalue weighted by Gasteiger charge is -2.33. The molecule has 1 unspecified atom stereocenters. The first-order chi connectivity index (χ1) is 9.61. The normalized spacial score (nSPS) is 19.0. The van der Waals surface area contributed by atoms with E-state index in [2.05, 4.69) is 44.0 Å². The van der Waals surface area contributed by atoms with Crippen LogP contribution < -0.4 is 5.32 Å². The highest BCUT2D eigenvalue weighted by Crippen LogP contribution is 2.13. The number of piperidine rings is 1. The molecule has 0 aromatic rings. The molecule has 0 amide bonds. The monoisotopic (exact) mass is 280 g/mol. The lowest BCUT2D eigenvalue weighted by atomic mass is 10.0. The van der Waals surface area contributed by atoms with Gasteiger partial charge in [-0.25, -0.2) is 0 Å². The van der Waals surface area contributed by atoms with E-state index >= 15 is 0 Å². The van der Waals surface area contributed by atoms with E-state index in [0.717, 1.165) is 12.6 Å². The van der Waals surface area contributed by atoms with Crippen LogP contribution in [0.5, 0.6) is 0 Å². The minimum atomic E-state index is 0.696. The quantitative estimate of drug-likeness (QED) is 0.498. The van der Waals surface area contributed by atoms with Gasteiger partial charge in [0.1, 0.15) is 0 Å². The zero-order valence-electron chi connectivity index (χ0n) is 14.3. The molecule has 1 rings (SSSR count). The van der Waals surface area contributed by atoms with Crippen molar-refractivity contribution in [1.29, 1.82) is 0 Å². The Hall–Kier alpha value is -0.340. The van der Waals surface area contributed by atoms with Gasteiger partial charge in [0, 0.05) is 18.6 Å². The number of allylic oxidation sites excluding steroid dienone is 1. The summed E-state index contributed by atoms with van der Waals surface area (Å²) in [7, 11) is 0. The predicted octanol–water partition coefficient (Wildman–Crippen LogP) is 4.37. The Bertz CT molecular complexity index is 261. The maximum Gasteiger partial charge on any atom is 0.0165 e. The predicted molar refractivity (Wildman–Crippen MR) is 90.2 cm³/mol. The summed E-state index contributed by atoms with van der Waals surface area (Å²) in [6, 6.07) is 1.44. The van der Waals surface area contributed by atoms with Crippen LogP contribution in [0.4, 0.5) is 0 Å². The molecule has 118 valence electrons. The summed E-state index contributed by atoms with van der Waals surface area (Å²) in [4.78, 5) is 2.58. The van der Waals surface area contributed by atoms with Crippen LogP contribution in [0, 0.1) is 0 Å². The van der Waals surface area contributed by atoms with Crippen molar-refractivity contribution in [3.63, 3.8) is 0 Å². The lowest BCUT2D eigenvalue weighted by Crippen LogP contribution is -2.45. The van der Waals surface area contributed by atoms with Gasteiger partial charge in [-0.1, -0.05) is 44.3 Å². The zero-order valence-corrected chi connectivity index (χ0v) is 14.3. The molecule has 0 aromatic heterocycles. The molecule has 0 saturated carbocycles. The van der Waals surface area contributed by atoms with Gasteiger partial charge in [-0.2, -0.15) is 0 Å². The highest BCUT2D eigenvalue weighted by atomic mass is 15.1. The van der Waals surface area contributed by atoms with Crippen molar-refractivity contribution in [3.8, 4) is 0 Å². The van der Waals surface area contributed by atoms with E-state index < -0.39 is 0 Å². The van der Waals surface area contributed by atoms with E-state index in [1.807, 2.05) is 0 Å². The first-order valence-electron chi connectivity index (χ1n) is 8.73. The first kappa shape index (κ1) is 17.7. The van der Waals surface area contributed by atoms with Crippen LogP contribution in [0.25, 0.3) is 0 Å². The average Bonchev–Trinajstić information content (AvgIpc) is 2.43. The molecule has 20 heavy (non-hydrogen) atoms.